The molecule has 2 aliphatic heterocycles. The molecule has 8 heteroatoms. The van der Waals surface area contributed by atoms with Crippen molar-refractivity contribution in [3.8, 4) is 0 Å². The van der Waals surface area contributed by atoms with Gasteiger partial charge in [0, 0.05) is 18.8 Å². The van der Waals surface area contributed by atoms with Crippen molar-refractivity contribution in [2.75, 3.05) is 18.8 Å². The molecule has 0 aromatic heterocycles. The quantitative estimate of drug-likeness (QED) is 0.825. The molecule has 0 spiro atoms. The lowest BCUT2D eigenvalue weighted by Crippen LogP contribution is -2.53. The first-order valence-corrected chi connectivity index (χ1v) is 9.95. The molecule has 2 heterocycles. The normalized spacial score (nSPS) is 29.8. The van der Waals surface area contributed by atoms with Crippen LogP contribution in [0, 0.1) is 5.92 Å². The maximum Gasteiger partial charge on any atom is 0.322 e. The van der Waals surface area contributed by atoms with Crippen LogP contribution in [-0.2, 0) is 15.0 Å². The number of carboxylic acids is 1. The zero-order valence-corrected chi connectivity index (χ0v) is 14.2. The summed E-state index contributed by atoms with van der Waals surface area (Å²) in [6.07, 6.45) is 3.22. The van der Waals surface area contributed by atoms with Crippen LogP contribution in [0.4, 0.5) is 0 Å². The minimum atomic E-state index is -3.69. The molecule has 0 amide bonds. The fourth-order valence-electron chi connectivity index (χ4n) is 2.85. The first kappa shape index (κ1) is 17.1. The minimum absolute atomic E-state index is 0.250. The van der Waals surface area contributed by atoms with Crippen molar-refractivity contribution in [2.45, 2.75) is 50.9 Å². The Morgan fingerprint density at radius 2 is 1.95 bits per heavy atom. The molecule has 0 aromatic carbocycles. The van der Waals surface area contributed by atoms with E-state index < -0.39 is 22.2 Å². The van der Waals surface area contributed by atoms with Gasteiger partial charge in [0.1, 0.15) is 6.04 Å². The van der Waals surface area contributed by atoms with Crippen molar-refractivity contribution in [3.63, 3.8) is 0 Å². The van der Waals surface area contributed by atoms with Gasteiger partial charge in [-0.15, -0.1) is 11.8 Å². The van der Waals surface area contributed by atoms with Crippen molar-refractivity contribution in [1.29, 1.82) is 0 Å². The van der Waals surface area contributed by atoms with Crippen molar-refractivity contribution >= 4 is 27.9 Å². The lowest BCUT2D eigenvalue weighted by Gasteiger charge is -2.35. The summed E-state index contributed by atoms with van der Waals surface area (Å²) in [4.78, 5) is 11.4. The number of nitrogens with zero attached hydrogens (tertiary/aromatic N) is 2. The molecule has 2 saturated heterocycles. The van der Waals surface area contributed by atoms with Gasteiger partial charge >= 0.3 is 5.97 Å². The second-order valence-corrected chi connectivity index (χ2v) is 8.89. The number of hydrogen-bond donors (Lipinski definition) is 1. The third-order valence-corrected chi connectivity index (χ3v) is 7.74. The smallest absolute Gasteiger partial charge is 0.322 e. The average Bonchev–Trinajstić information content (AvgIpc) is 2.84. The zero-order valence-electron chi connectivity index (χ0n) is 12.6. The Hall–Kier alpha value is -0.310. The van der Waals surface area contributed by atoms with Crippen molar-refractivity contribution in [3.05, 3.63) is 0 Å². The van der Waals surface area contributed by atoms with Crippen LogP contribution in [0.25, 0.3) is 0 Å². The third kappa shape index (κ3) is 3.55. The van der Waals surface area contributed by atoms with Gasteiger partial charge < -0.3 is 5.11 Å². The van der Waals surface area contributed by atoms with E-state index in [0.29, 0.717) is 31.2 Å². The SMILES string of the molecule is CCCC1SCC(C(=O)O)N1S(=O)(=O)N1CCC(C)CC1. The molecule has 0 aliphatic carbocycles. The monoisotopic (exact) mass is 336 g/mol. The molecular weight excluding hydrogens is 312 g/mol. The molecule has 1 N–H and O–H groups in total. The summed E-state index contributed by atoms with van der Waals surface area (Å²) >= 11 is 1.44. The Labute approximate surface area is 131 Å². The van der Waals surface area contributed by atoms with Crippen LogP contribution in [0.2, 0.25) is 0 Å². The van der Waals surface area contributed by atoms with E-state index >= 15 is 0 Å². The molecule has 2 rings (SSSR count). The fourth-order valence-corrected chi connectivity index (χ4v) is 6.68. The van der Waals surface area contributed by atoms with Crippen molar-refractivity contribution < 1.29 is 18.3 Å². The van der Waals surface area contributed by atoms with E-state index in [2.05, 4.69) is 6.92 Å². The summed E-state index contributed by atoms with van der Waals surface area (Å²) < 4.78 is 28.5. The Morgan fingerprint density at radius 1 is 1.33 bits per heavy atom. The summed E-state index contributed by atoms with van der Waals surface area (Å²) in [7, 11) is -3.69. The van der Waals surface area contributed by atoms with Crippen LogP contribution in [-0.4, -0.2) is 58.4 Å². The average molecular weight is 336 g/mol. The van der Waals surface area contributed by atoms with Gasteiger partial charge in [-0.3, -0.25) is 4.79 Å². The van der Waals surface area contributed by atoms with Gasteiger partial charge in [0.15, 0.2) is 0 Å². The molecule has 0 bridgehead atoms. The fraction of sp³-hybridized carbons (Fsp3) is 0.923. The Kier molecular flexibility index (Phi) is 5.56. The largest absolute Gasteiger partial charge is 0.480 e. The second-order valence-electron chi connectivity index (χ2n) is 5.85. The minimum Gasteiger partial charge on any atom is -0.480 e. The Bertz CT molecular complexity index is 475. The number of rotatable bonds is 5. The van der Waals surface area contributed by atoms with Crippen molar-refractivity contribution in [1.82, 2.24) is 8.61 Å². The topological polar surface area (TPSA) is 77.9 Å². The summed E-state index contributed by atoms with van der Waals surface area (Å²) in [5.41, 5.74) is 0. The molecule has 0 saturated carbocycles. The first-order chi connectivity index (χ1) is 9.87. The number of carbonyl (C=O) groups is 1. The molecule has 21 heavy (non-hydrogen) atoms. The van der Waals surface area contributed by atoms with E-state index in [1.165, 1.54) is 20.4 Å². The standard InChI is InChI=1S/C13H24N2O4S2/c1-3-4-12-15(11(9-20-12)13(16)17)21(18,19)14-7-5-10(2)6-8-14/h10-12H,3-9H2,1-2H3,(H,16,17). The second kappa shape index (κ2) is 6.85. The molecule has 2 fully saturated rings. The predicted molar refractivity (Wildman–Crippen MR) is 83.3 cm³/mol. The van der Waals surface area contributed by atoms with Gasteiger partial charge in [-0.2, -0.15) is 17.0 Å². The number of aliphatic carboxylic acids is 1. The number of piperidine rings is 1. The van der Waals surface area contributed by atoms with E-state index in [1.807, 2.05) is 6.92 Å². The third-order valence-electron chi connectivity index (χ3n) is 4.19. The maximum atomic E-state index is 12.9. The van der Waals surface area contributed by atoms with Crippen LogP contribution in [0.15, 0.2) is 0 Å². The molecule has 6 nitrogen and oxygen atoms in total. The van der Waals surface area contributed by atoms with E-state index in [9.17, 15) is 18.3 Å². The highest BCUT2D eigenvalue weighted by Gasteiger charge is 2.47. The Balaban J connectivity index is 2.23. The van der Waals surface area contributed by atoms with Crippen LogP contribution in [0.5, 0.6) is 0 Å². The molecule has 2 atom stereocenters. The lowest BCUT2D eigenvalue weighted by atomic mass is 10.0. The summed E-state index contributed by atoms with van der Waals surface area (Å²) in [6, 6.07) is -0.934. The zero-order chi connectivity index (χ0) is 15.6. The molecule has 122 valence electrons. The number of thioether (sulfide) groups is 1. The predicted octanol–water partition coefficient (Wildman–Crippen LogP) is 1.59. The Morgan fingerprint density at radius 3 is 2.48 bits per heavy atom. The summed E-state index contributed by atoms with van der Waals surface area (Å²) in [5.74, 6) is -0.176. The van der Waals surface area contributed by atoms with Gasteiger partial charge in [-0.05, 0) is 25.2 Å². The lowest BCUT2D eigenvalue weighted by molar-refractivity contribution is -0.140. The number of carboxylic acid groups (broad SMARTS) is 1. The molecule has 2 unspecified atom stereocenters. The van der Waals surface area contributed by atoms with Crippen LogP contribution >= 0.6 is 11.8 Å². The van der Waals surface area contributed by atoms with E-state index in [4.69, 9.17) is 0 Å². The van der Waals surface area contributed by atoms with Gasteiger partial charge in [0.2, 0.25) is 0 Å². The summed E-state index contributed by atoms with van der Waals surface area (Å²) in [6.45, 7) is 5.10. The maximum absolute atomic E-state index is 12.9. The molecule has 0 aromatic rings. The van der Waals surface area contributed by atoms with Gasteiger partial charge in [0.25, 0.3) is 10.2 Å². The number of hydrogen-bond acceptors (Lipinski definition) is 4. The van der Waals surface area contributed by atoms with Crippen LogP contribution in [0.3, 0.4) is 0 Å². The molecular formula is C13H24N2O4S2. The highest BCUT2D eigenvalue weighted by Crippen LogP contribution is 2.36. The van der Waals surface area contributed by atoms with Crippen LogP contribution in [0.1, 0.15) is 39.5 Å². The van der Waals surface area contributed by atoms with Crippen LogP contribution < -0.4 is 0 Å². The van der Waals surface area contributed by atoms with Gasteiger partial charge in [0.05, 0.1) is 5.37 Å². The summed E-state index contributed by atoms with van der Waals surface area (Å²) in [5, 5.41) is 9.09. The van der Waals surface area contributed by atoms with E-state index in [1.54, 1.807) is 0 Å². The molecule has 0 radical (unpaired) electrons. The van der Waals surface area contributed by atoms with Gasteiger partial charge in [-0.1, -0.05) is 20.3 Å². The van der Waals surface area contributed by atoms with E-state index in [-0.39, 0.29) is 5.37 Å². The van der Waals surface area contributed by atoms with Crippen molar-refractivity contribution in [2.24, 2.45) is 5.92 Å². The van der Waals surface area contributed by atoms with E-state index in [0.717, 1.165) is 19.3 Å². The highest BCUT2D eigenvalue weighted by atomic mass is 32.2. The van der Waals surface area contributed by atoms with Gasteiger partial charge in [-0.25, -0.2) is 0 Å². The highest BCUT2D eigenvalue weighted by molar-refractivity contribution is 8.01. The molecule has 2 aliphatic rings. The first-order valence-electron chi connectivity index (χ1n) is 7.51.